The number of aromatic nitrogens is 4. The molecule has 4 aliphatic rings. The molecule has 82 heavy (non-hydrogen) atoms. The summed E-state index contributed by atoms with van der Waals surface area (Å²) >= 11 is 0. The van der Waals surface area contributed by atoms with Gasteiger partial charge in [-0.05, 0) is 88.9 Å². The Labute approximate surface area is 472 Å². The first-order chi connectivity index (χ1) is 38.5. The molecule has 1 fully saturated rings. The number of aliphatic hydroxyl groups is 1. The average Bonchev–Trinajstić information content (AvgIpc) is 1.24. The van der Waals surface area contributed by atoms with Crippen molar-refractivity contribution in [3.05, 3.63) is 116 Å². The molecule has 25 nitrogen and oxygen atoms in total. The van der Waals surface area contributed by atoms with Gasteiger partial charge in [-0.25, -0.2) is 23.1 Å². The number of hydrogen-bond donors (Lipinski definition) is 8. The third kappa shape index (κ3) is 11.8. The predicted octanol–water partition coefficient (Wildman–Crippen LogP) is 3.46. The van der Waals surface area contributed by atoms with Crippen molar-refractivity contribution in [3.8, 4) is 11.5 Å². The third-order valence-corrected chi connectivity index (χ3v) is 17.3. The number of nitrogens with two attached hydrogens (primary N) is 1. The number of ether oxygens (including phenoxy) is 3. The lowest BCUT2D eigenvalue weighted by atomic mass is 9.83. The molecule has 5 atom stereocenters. The Morgan fingerprint density at radius 1 is 0.951 bits per heavy atom. The van der Waals surface area contributed by atoms with E-state index in [-0.39, 0.29) is 66.1 Å². The number of anilines is 2. The molecule has 9 N–H and O–H groups in total. The number of aromatic amines is 1. The highest BCUT2D eigenvalue weighted by Crippen LogP contribution is 2.58. The number of nitrogen functional groups attached to an aromatic ring is 1. The minimum absolute atomic E-state index is 0.0141. The number of benzene rings is 3. The SMILES string of the molecule is CCN1c2cc3c(cc2C(C)=CC1(C)C)C(c1ccccc1C(=O)N(C)CCCC(=O)NCCNC(=O)O[C@H]1[C@@H](O)[C@H]([n+]2cn(C)c4c(=O)[nH]c(N)nc42)O[C@@H]1COP(=O)(O)OP(=O)(O)O)=c1cc2c(cc1O3)=[N+](CC)C(C)(C)C=C2C. The van der Waals surface area contributed by atoms with Gasteiger partial charge in [0.15, 0.2) is 24.1 Å². The number of aryl methyl sites for hydroxylation is 1. The number of phosphoric acid groups is 2. The Hall–Kier alpha value is -7.05. The van der Waals surface area contributed by atoms with Crippen LogP contribution in [0, 0.1) is 0 Å². The smallest absolute Gasteiger partial charge is 0.456 e. The molecule has 3 aromatic carbocycles. The van der Waals surface area contributed by atoms with Crippen LogP contribution in [0.5, 0.6) is 11.5 Å². The minimum atomic E-state index is -5.52. The first-order valence-electron chi connectivity index (χ1n) is 26.8. The maximum absolute atomic E-state index is 14.7. The molecular formula is C55H70N10O15P2+2. The normalized spacial score (nSPS) is 20.3. The molecule has 0 radical (unpaired) electrons. The lowest BCUT2D eigenvalue weighted by Gasteiger charge is -2.43. The number of nitrogens with one attached hydrogen (secondary N) is 3. The van der Waals surface area contributed by atoms with Gasteiger partial charge in [0, 0.05) is 98.3 Å². The zero-order valence-electron chi connectivity index (χ0n) is 47.3. The molecule has 438 valence electrons. The topological polar surface area (TPSA) is 327 Å². The number of carbonyl (C=O) groups excluding carboxylic acids is 3. The van der Waals surface area contributed by atoms with Crippen molar-refractivity contribution in [1.82, 2.24) is 34.6 Å². The number of likely N-dealkylation sites (N-methyl/N-ethyl adjacent to an activating group) is 2. The van der Waals surface area contributed by atoms with E-state index in [1.165, 1.54) is 22.5 Å². The van der Waals surface area contributed by atoms with Gasteiger partial charge in [0.05, 0.1) is 25.3 Å². The van der Waals surface area contributed by atoms with E-state index < -0.39 is 58.4 Å². The molecule has 0 spiro atoms. The van der Waals surface area contributed by atoms with Gasteiger partial charge in [0.1, 0.15) is 24.1 Å². The van der Waals surface area contributed by atoms with E-state index in [0.29, 0.717) is 23.5 Å². The molecule has 1 unspecified atom stereocenters. The molecule has 0 aliphatic carbocycles. The molecule has 5 aromatic rings. The van der Waals surface area contributed by atoms with Crippen molar-refractivity contribution in [3.63, 3.8) is 0 Å². The van der Waals surface area contributed by atoms with Gasteiger partial charge in [-0.1, -0.05) is 29.3 Å². The second-order valence-electron chi connectivity index (χ2n) is 21.8. The second-order valence-corrected chi connectivity index (χ2v) is 24.7. The third-order valence-electron chi connectivity index (χ3n) is 15.2. The maximum Gasteiger partial charge on any atom is 0.481 e. The van der Waals surface area contributed by atoms with Crippen molar-refractivity contribution in [2.75, 3.05) is 57.0 Å². The van der Waals surface area contributed by atoms with E-state index >= 15 is 0 Å². The molecule has 9 rings (SSSR count). The Morgan fingerprint density at radius 3 is 2.37 bits per heavy atom. The zero-order valence-corrected chi connectivity index (χ0v) is 49.0. The number of phosphoric ester groups is 1. The van der Waals surface area contributed by atoms with Crippen molar-refractivity contribution in [2.24, 2.45) is 7.05 Å². The monoisotopic (exact) mass is 1170 g/mol. The van der Waals surface area contributed by atoms with Gasteiger partial charge < -0.3 is 60.2 Å². The van der Waals surface area contributed by atoms with Gasteiger partial charge in [-0.3, -0.25) is 28.5 Å². The van der Waals surface area contributed by atoms with Crippen molar-refractivity contribution < 1.29 is 70.9 Å². The van der Waals surface area contributed by atoms with Crippen LogP contribution in [0.2, 0.25) is 0 Å². The van der Waals surface area contributed by atoms with Crippen LogP contribution in [-0.4, -0.2) is 133 Å². The summed E-state index contributed by atoms with van der Waals surface area (Å²) in [7, 11) is -7.77. The fourth-order valence-corrected chi connectivity index (χ4v) is 13.4. The number of imidazole rings is 1. The number of amides is 3. The molecule has 6 heterocycles. The molecule has 3 amide bonds. The predicted molar refractivity (Wildman–Crippen MR) is 303 cm³/mol. The molecular weight excluding hydrogens is 1100 g/mol. The molecule has 0 bridgehead atoms. The van der Waals surface area contributed by atoms with E-state index in [2.05, 4.69) is 126 Å². The molecule has 1 saturated heterocycles. The van der Waals surface area contributed by atoms with Crippen molar-refractivity contribution in [1.29, 1.82) is 0 Å². The standard InChI is InChI=1S/C55H68N10O15P2/c1-11-64-38-24-40-36(22-34(38)30(3)26-54(64,5)6)44(37-23-35-31(4)27-55(7,8)65(12-2)39(35)25-41(37)77-40)32-16-13-14-17-33(32)50(69)61(9)21-15-18-43(66)57-19-20-58-53(70)79-47-42(28-76-82(74,75)80-81(71,72)73)78-51(46(47)67)63-29-62(10)45-48(63)59-52(56)60-49(45)68/h13-14,16-17,22-27,29,42,46-47,51,67H,11-12,15,18-21,28H2,1-10H3,(H6-2,56,57,58,59,60,66,68,70,71,72,73,74,75)/p+2/t42-,46-,47-,51-/m1/s1. The number of fused-ring (bicyclic) bond motifs is 5. The number of alkyl carbamates (subject to hydrolysis) is 1. The first-order valence-corrected chi connectivity index (χ1v) is 29.8. The number of rotatable bonds is 18. The Bertz CT molecular complexity index is 3790. The number of H-pyrrole nitrogens is 1. The van der Waals surface area contributed by atoms with Crippen LogP contribution in [0.4, 0.5) is 16.4 Å². The number of carbonyl (C=O) groups is 3. The number of aliphatic hydroxyl groups excluding tert-OH is 1. The van der Waals surface area contributed by atoms with Crippen molar-refractivity contribution in [2.45, 2.75) is 104 Å². The summed E-state index contributed by atoms with van der Waals surface area (Å²) in [5.41, 5.74) is 13.1. The molecule has 27 heteroatoms. The van der Waals surface area contributed by atoms with Gasteiger partial charge in [0.2, 0.25) is 23.0 Å². The number of allylic oxidation sites excluding steroid dienone is 2. The van der Waals surface area contributed by atoms with Gasteiger partial charge in [-0.2, -0.15) is 4.31 Å². The summed E-state index contributed by atoms with van der Waals surface area (Å²) in [4.78, 5) is 92.2. The minimum Gasteiger partial charge on any atom is -0.456 e. The van der Waals surface area contributed by atoms with Crippen LogP contribution in [0.1, 0.15) is 107 Å². The largest absolute Gasteiger partial charge is 0.481 e. The van der Waals surface area contributed by atoms with E-state index in [4.69, 9.17) is 34.3 Å². The summed E-state index contributed by atoms with van der Waals surface area (Å²) in [5.74, 6) is 0.486. The highest BCUT2D eigenvalue weighted by molar-refractivity contribution is 7.60. The Balaban J connectivity index is 0.874. The summed E-state index contributed by atoms with van der Waals surface area (Å²) in [6.45, 7) is 17.9. The maximum atomic E-state index is 14.7. The number of hydrogen-bond acceptors (Lipinski definition) is 15. The Kier molecular flexibility index (Phi) is 16.4. The lowest BCUT2D eigenvalue weighted by molar-refractivity contribution is -0.745. The van der Waals surface area contributed by atoms with Crippen LogP contribution in [0.3, 0.4) is 0 Å². The lowest BCUT2D eigenvalue weighted by Crippen LogP contribution is -2.49. The highest BCUT2D eigenvalue weighted by atomic mass is 31.3. The zero-order chi connectivity index (χ0) is 59.5. The van der Waals surface area contributed by atoms with Gasteiger partial charge >= 0.3 is 27.4 Å². The number of nitrogens with zero attached hydrogens (tertiary/aromatic N) is 6. The van der Waals surface area contributed by atoms with E-state index in [0.717, 1.165) is 68.3 Å². The Morgan fingerprint density at radius 2 is 1.66 bits per heavy atom. The quantitative estimate of drug-likeness (QED) is 0.0347. The van der Waals surface area contributed by atoms with E-state index in [9.17, 15) is 38.3 Å². The molecule has 0 saturated carbocycles. The fourth-order valence-electron chi connectivity index (χ4n) is 11.8. The summed E-state index contributed by atoms with van der Waals surface area (Å²) in [5, 5.41) is 18.5. The summed E-state index contributed by atoms with van der Waals surface area (Å²) in [6.07, 6.45) is -1.43. The fraction of sp³-hybridized carbons (Fsp3) is 0.436. The van der Waals surface area contributed by atoms with Gasteiger partial charge in [-0.15, -0.1) is 0 Å². The van der Waals surface area contributed by atoms with Crippen LogP contribution in [0.15, 0.2) is 71.8 Å². The highest BCUT2D eigenvalue weighted by Gasteiger charge is 2.51. The van der Waals surface area contributed by atoms with Gasteiger partial charge in [0.25, 0.3) is 17.4 Å². The van der Waals surface area contributed by atoms with Crippen molar-refractivity contribution >= 4 is 73.1 Å². The molecule has 4 aliphatic heterocycles. The molecule has 2 aromatic heterocycles. The van der Waals surface area contributed by atoms with Crippen LogP contribution < -0.4 is 51.3 Å². The van der Waals surface area contributed by atoms with Crippen LogP contribution >= 0.6 is 15.6 Å². The van der Waals surface area contributed by atoms with E-state index in [1.807, 2.05) is 24.3 Å². The van der Waals surface area contributed by atoms with Crippen LogP contribution in [-0.2, 0) is 39.3 Å². The summed E-state index contributed by atoms with van der Waals surface area (Å²) in [6, 6.07) is 16.2. The van der Waals surface area contributed by atoms with E-state index in [1.54, 1.807) is 11.9 Å². The second kappa shape index (κ2) is 22.6. The summed E-state index contributed by atoms with van der Waals surface area (Å²) < 4.78 is 55.5. The average molecular weight is 1170 g/mol. The first kappa shape index (κ1) is 59.6. The van der Waals surface area contributed by atoms with Crippen LogP contribution in [0.25, 0.3) is 27.9 Å².